The SMILES string of the molecule is O=C1[CH][CH][CH]C1.[C-]#[O+].[C-]#[O+].[CH]1[CH][CH][CH][CH]1.[Mo]. The molecule has 8 radical (unpaired) electrons. The molecule has 0 spiro atoms. The van der Waals surface area contributed by atoms with Gasteiger partial charge in [0.15, 0.2) is 0 Å². The van der Waals surface area contributed by atoms with Gasteiger partial charge in [-0.3, -0.25) is 4.79 Å². The number of ketones is 1. The monoisotopic (exact) mass is 300 g/mol. The van der Waals surface area contributed by atoms with Gasteiger partial charge < -0.3 is 0 Å². The molecular weight excluding hydrogens is 288 g/mol. The van der Waals surface area contributed by atoms with Gasteiger partial charge in [-0.05, 0) is 44.9 Å². The fourth-order valence-electron chi connectivity index (χ4n) is 0.748. The largest absolute Gasteiger partial charge is 0.0312 e. The summed E-state index contributed by atoms with van der Waals surface area (Å²) in [6.45, 7) is 9.00. The van der Waals surface area contributed by atoms with Crippen molar-refractivity contribution in [2.45, 2.75) is 6.42 Å². The Morgan fingerprint density at radius 1 is 0.875 bits per heavy atom. The molecule has 0 unspecified atom stereocenters. The number of hydrogen-bond acceptors (Lipinski definition) is 1. The van der Waals surface area contributed by atoms with Gasteiger partial charge in [-0.2, -0.15) is 0 Å². The Morgan fingerprint density at radius 2 is 1.25 bits per heavy atom. The number of carbonyl (C=O) groups is 1. The van der Waals surface area contributed by atoms with Crippen LogP contribution in [0.15, 0.2) is 0 Å². The minimum atomic E-state index is 0. The summed E-state index contributed by atoms with van der Waals surface area (Å²) in [5.74, 6) is 0.218. The maximum absolute atomic E-state index is 10.1. The summed E-state index contributed by atoms with van der Waals surface area (Å²) in [5.41, 5.74) is 0. The van der Waals surface area contributed by atoms with Gasteiger partial charge in [0.25, 0.3) is 0 Å². The van der Waals surface area contributed by atoms with Gasteiger partial charge in [0.2, 0.25) is 0 Å². The van der Waals surface area contributed by atoms with E-state index in [0.717, 1.165) is 0 Å². The van der Waals surface area contributed by atoms with Crippen molar-refractivity contribution in [1.82, 2.24) is 0 Å². The predicted octanol–water partition coefficient (Wildman–Crippen LogP) is 1.52. The third kappa shape index (κ3) is 16.3. The van der Waals surface area contributed by atoms with Crippen molar-refractivity contribution in [2.75, 3.05) is 0 Å². The van der Waals surface area contributed by atoms with Gasteiger partial charge in [0, 0.05) is 33.9 Å². The maximum atomic E-state index is 10.1. The van der Waals surface area contributed by atoms with Crippen LogP contribution < -0.4 is 0 Å². The Labute approximate surface area is 112 Å². The Balaban J connectivity index is -0.000000156. The predicted molar refractivity (Wildman–Crippen MR) is 51.9 cm³/mol. The van der Waals surface area contributed by atoms with Crippen molar-refractivity contribution in [2.24, 2.45) is 0 Å². The molecule has 2 fully saturated rings. The maximum Gasteiger partial charge on any atom is 0 e. The van der Waals surface area contributed by atoms with Gasteiger partial charge in [-0.15, -0.1) is 0 Å². The third-order valence-electron chi connectivity index (χ3n) is 1.29. The fraction of sp³-hybridized carbons (Fsp3) is 0.0833. The van der Waals surface area contributed by atoms with Crippen molar-refractivity contribution in [3.63, 3.8) is 0 Å². The molecule has 0 aromatic rings. The minimum absolute atomic E-state index is 0. The van der Waals surface area contributed by atoms with Crippen LogP contribution in [0.4, 0.5) is 0 Å². The first-order chi connectivity index (χ1) is 7.39. The van der Waals surface area contributed by atoms with E-state index in [1.54, 1.807) is 12.8 Å². The summed E-state index contributed by atoms with van der Waals surface area (Å²) in [4.78, 5) is 10.1. The molecule has 0 aliphatic heterocycles. The second-order valence-electron chi connectivity index (χ2n) is 2.23. The third-order valence-corrected chi connectivity index (χ3v) is 1.29. The van der Waals surface area contributed by atoms with Crippen molar-refractivity contribution in [1.29, 1.82) is 0 Å². The van der Waals surface area contributed by atoms with Crippen molar-refractivity contribution in [3.05, 3.63) is 64.7 Å². The smallest absolute Gasteiger partial charge is 0 e. The Bertz CT molecular complexity index is 162. The average molecular weight is 298 g/mol. The first-order valence-corrected chi connectivity index (χ1v) is 4.00. The molecule has 0 N–H and O–H groups in total. The molecule has 0 amide bonds. The molecule has 2 saturated carbocycles. The van der Waals surface area contributed by atoms with Gasteiger partial charge >= 0.3 is 22.6 Å². The summed E-state index contributed by atoms with van der Waals surface area (Å²) in [6.07, 6.45) is 15.8. The van der Waals surface area contributed by atoms with E-state index in [1.807, 2.05) is 38.5 Å². The molecule has 82 valence electrons. The van der Waals surface area contributed by atoms with Crippen molar-refractivity contribution < 1.29 is 35.2 Å². The van der Waals surface area contributed by atoms with Crippen LogP contribution in [0.2, 0.25) is 0 Å². The van der Waals surface area contributed by atoms with E-state index >= 15 is 0 Å². The molecule has 2 aliphatic carbocycles. The molecule has 3 nitrogen and oxygen atoms in total. The molecule has 4 heteroatoms. The second kappa shape index (κ2) is 20.3. The van der Waals surface area contributed by atoms with E-state index in [1.165, 1.54) is 0 Å². The van der Waals surface area contributed by atoms with E-state index in [4.69, 9.17) is 9.30 Å². The van der Waals surface area contributed by atoms with Crippen molar-refractivity contribution in [3.8, 4) is 0 Å². The molecule has 2 aliphatic rings. The van der Waals surface area contributed by atoms with Gasteiger partial charge in [0.05, 0.1) is 0 Å². The molecular formula is C12H10MoO3. The zero-order valence-electron chi connectivity index (χ0n) is 8.46. The van der Waals surface area contributed by atoms with Crippen LogP contribution in [-0.4, -0.2) is 5.78 Å². The van der Waals surface area contributed by atoms with Crippen LogP contribution in [0.1, 0.15) is 6.42 Å². The van der Waals surface area contributed by atoms with E-state index in [0.29, 0.717) is 6.42 Å². The van der Waals surface area contributed by atoms with Crippen molar-refractivity contribution >= 4 is 5.78 Å². The topological polar surface area (TPSA) is 56.9 Å². The first-order valence-electron chi connectivity index (χ1n) is 4.00. The standard InChI is InChI=1S/C5H5O.C5H5.2CO.Mo/c6-5-3-1-2-4-5;1-2-4-5-3-1;2*1-2;/h1-3H,4H2;1-5H;;;. The Kier molecular flexibility index (Phi) is 26.8. The van der Waals surface area contributed by atoms with Crippen LogP contribution in [-0.2, 0) is 35.2 Å². The molecule has 0 saturated heterocycles. The van der Waals surface area contributed by atoms with Crippen LogP contribution in [0.5, 0.6) is 0 Å². The van der Waals surface area contributed by atoms with Crippen LogP contribution >= 0.6 is 0 Å². The number of carbonyl (C=O) groups excluding carboxylic acids is 1. The molecule has 0 atom stereocenters. The van der Waals surface area contributed by atoms with Gasteiger partial charge in [-0.25, -0.2) is 0 Å². The van der Waals surface area contributed by atoms with Crippen LogP contribution in [0.25, 0.3) is 0 Å². The van der Waals surface area contributed by atoms with Gasteiger partial charge in [-0.1, -0.05) is 0 Å². The fourth-order valence-corrected chi connectivity index (χ4v) is 0.748. The quantitative estimate of drug-likeness (QED) is 0.380. The van der Waals surface area contributed by atoms with E-state index in [2.05, 4.69) is 13.3 Å². The zero-order chi connectivity index (χ0) is 11.9. The summed E-state index contributed by atoms with van der Waals surface area (Å²) < 4.78 is 15.0. The van der Waals surface area contributed by atoms with E-state index in [-0.39, 0.29) is 26.8 Å². The van der Waals surface area contributed by atoms with Gasteiger partial charge in [0.1, 0.15) is 5.78 Å². The Morgan fingerprint density at radius 3 is 1.38 bits per heavy atom. The molecule has 0 bridgehead atoms. The molecule has 0 aromatic heterocycles. The second-order valence-corrected chi connectivity index (χ2v) is 2.23. The molecule has 0 heterocycles. The Hall–Kier alpha value is -0.162. The number of Topliss-reactive ketones (excluding diaryl/α,β-unsaturated/α-hetero) is 1. The normalized spacial score (nSPS) is 16.1. The van der Waals surface area contributed by atoms with Crippen LogP contribution in [0, 0.1) is 64.7 Å². The number of rotatable bonds is 0. The molecule has 0 aromatic carbocycles. The summed E-state index contributed by atoms with van der Waals surface area (Å²) >= 11 is 0. The first kappa shape index (κ1) is 21.2. The molecule has 2 rings (SSSR count). The van der Waals surface area contributed by atoms with E-state index in [9.17, 15) is 4.79 Å². The minimum Gasteiger partial charge on any atom is -0.0312 e. The van der Waals surface area contributed by atoms with Crippen LogP contribution in [0.3, 0.4) is 0 Å². The summed E-state index contributed by atoms with van der Waals surface area (Å²) in [5, 5.41) is 0. The summed E-state index contributed by atoms with van der Waals surface area (Å²) in [7, 11) is 0. The average Bonchev–Trinajstić information content (AvgIpc) is 2.98. The van der Waals surface area contributed by atoms with E-state index < -0.39 is 0 Å². The summed E-state index contributed by atoms with van der Waals surface area (Å²) in [6, 6.07) is 0. The molecule has 16 heavy (non-hydrogen) atoms. The number of hydrogen-bond donors (Lipinski definition) is 0. The zero-order valence-corrected chi connectivity index (χ0v) is 10.5.